The Kier molecular flexibility index (Phi) is 6.35. The minimum absolute atomic E-state index is 0.328. The number of nitrogens with one attached hydrogen (secondary N) is 1. The Bertz CT molecular complexity index is 334. The minimum atomic E-state index is -0.328. The average molecular weight is 242 g/mol. The minimum Gasteiger partial charge on any atom is -0.399 e. The van der Waals surface area contributed by atoms with Crippen molar-refractivity contribution >= 4 is 11.4 Å². The molecule has 5 heteroatoms. The second-order valence-corrected chi connectivity index (χ2v) is 3.62. The quantitative estimate of drug-likeness (QED) is 0.540. The van der Waals surface area contributed by atoms with Gasteiger partial charge in [-0.3, -0.25) is 0 Å². The van der Waals surface area contributed by atoms with E-state index in [9.17, 15) is 4.39 Å². The van der Waals surface area contributed by atoms with E-state index in [1.54, 1.807) is 19.2 Å². The Morgan fingerprint density at radius 2 is 2.12 bits per heavy atom. The van der Waals surface area contributed by atoms with Crippen LogP contribution in [-0.2, 0) is 9.47 Å². The summed E-state index contributed by atoms with van der Waals surface area (Å²) in [6.45, 7) is 2.48. The smallest absolute Gasteiger partial charge is 0.148 e. The standard InChI is InChI=1S/C12H19FN2O2/c1-16-7-8-17-6-2-5-15-12-4-3-10(14)9-11(12)13/h3-4,9,15H,2,5-8,14H2,1H3. The predicted molar refractivity (Wildman–Crippen MR) is 66.6 cm³/mol. The first-order valence-electron chi connectivity index (χ1n) is 5.59. The Morgan fingerprint density at radius 1 is 1.29 bits per heavy atom. The topological polar surface area (TPSA) is 56.5 Å². The van der Waals surface area contributed by atoms with Crippen LogP contribution < -0.4 is 11.1 Å². The van der Waals surface area contributed by atoms with Gasteiger partial charge in [-0.2, -0.15) is 0 Å². The summed E-state index contributed by atoms with van der Waals surface area (Å²) in [7, 11) is 1.63. The normalized spacial score (nSPS) is 10.5. The highest BCUT2D eigenvalue weighted by molar-refractivity contribution is 5.52. The molecule has 0 aromatic heterocycles. The molecule has 17 heavy (non-hydrogen) atoms. The molecule has 0 spiro atoms. The molecule has 0 aliphatic heterocycles. The van der Waals surface area contributed by atoms with Gasteiger partial charge in [-0.15, -0.1) is 0 Å². The number of anilines is 2. The predicted octanol–water partition coefficient (Wildman–Crippen LogP) is 1.87. The molecule has 1 aromatic rings. The van der Waals surface area contributed by atoms with Gasteiger partial charge in [0.2, 0.25) is 0 Å². The summed E-state index contributed by atoms with van der Waals surface area (Å²) in [5.74, 6) is -0.328. The summed E-state index contributed by atoms with van der Waals surface area (Å²) in [4.78, 5) is 0. The van der Waals surface area contributed by atoms with E-state index in [2.05, 4.69) is 5.32 Å². The summed E-state index contributed by atoms with van der Waals surface area (Å²) in [5, 5.41) is 2.99. The van der Waals surface area contributed by atoms with Crippen LogP contribution in [0.25, 0.3) is 0 Å². The lowest BCUT2D eigenvalue weighted by Crippen LogP contribution is -2.09. The van der Waals surface area contributed by atoms with Gasteiger partial charge in [0.05, 0.1) is 18.9 Å². The lowest BCUT2D eigenvalue weighted by molar-refractivity contribution is 0.0705. The maximum atomic E-state index is 13.3. The van der Waals surface area contributed by atoms with Gasteiger partial charge in [0.15, 0.2) is 0 Å². The number of halogens is 1. The van der Waals surface area contributed by atoms with Crippen molar-refractivity contribution in [3.05, 3.63) is 24.0 Å². The molecule has 96 valence electrons. The fraction of sp³-hybridized carbons (Fsp3) is 0.500. The van der Waals surface area contributed by atoms with E-state index in [4.69, 9.17) is 15.2 Å². The van der Waals surface area contributed by atoms with Gasteiger partial charge in [-0.05, 0) is 24.6 Å². The molecule has 3 N–H and O–H groups in total. The molecule has 0 atom stereocenters. The average Bonchev–Trinajstić information content (AvgIpc) is 2.30. The second-order valence-electron chi connectivity index (χ2n) is 3.62. The van der Waals surface area contributed by atoms with Crippen molar-refractivity contribution in [1.29, 1.82) is 0 Å². The fourth-order valence-electron chi connectivity index (χ4n) is 1.32. The van der Waals surface area contributed by atoms with Gasteiger partial charge >= 0.3 is 0 Å². The summed E-state index contributed by atoms with van der Waals surface area (Å²) < 4.78 is 23.5. The molecule has 0 fully saturated rings. The van der Waals surface area contributed by atoms with Crippen molar-refractivity contribution in [3.63, 3.8) is 0 Å². The van der Waals surface area contributed by atoms with Crippen molar-refractivity contribution < 1.29 is 13.9 Å². The molecule has 0 aliphatic rings. The van der Waals surface area contributed by atoms with Crippen LogP contribution in [0.2, 0.25) is 0 Å². The van der Waals surface area contributed by atoms with Crippen molar-refractivity contribution in [2.75, 3.05) is 44.5 Å². The van der Waals surface area contributed by atoms with Crippen LogP contribution in [0.3, 0.4) is 0 Å². The maximum absolute atomic E-state index is 13.3. The van der Waals surface area contributed by atoms with E-state index >= 15 is 0 Å². The molecule has 1 rings (SSSR count). The van der Waals surface area contributed by atoms with E-state index in [0.717, 1.165) is 6.42 Å². The Balaban J connectivity index is 2.14. The second kappa shape index (κ2) is 7.86. The Hall–Kier alpha value is -1.33. The molecule has 0 saturated carbocycles. The van der Waals surface area contributed by atoms with Crippen LogP contribution in [0, 0.1) is 5.82 Å². The molecule has 0 radical (unpaired) electrons. The lowest BCUT2D eigenvalue weighted by Gasteiger charge is -2.08. The first kappa shape index (κ1) is 13.7. The third-order valence-corrected chi connectivity index (χ3v) is 2.21. The summed E-state index contributed by atoms with van der Waals surface area (Å²) >= 11 is 0. The van der Waals surface area contributed by atoms with Crippen molar-refractivity contribution in [1.82, 2.24) is 0 Å². The lowest BCUT2D eigenvalue weighted by atomic mass is 10.2. The van der Waals surface area contributed by atoms with Crippen LogP contribution >= 0.6 is 0 Å². The van der Waals surface area contributed by atoms with Crippen LogP contribution in [-0.4, -0.2) is 33.5 Å². The summed E-state index contributed by atoms with van der Waals surface area (Å²) in [6.07, 6.45) is 0.813. The van der Waals surface area contributed by atoms with Crippen LogP contribution in [0.5, 0.6) is 0 Å². The maximum Gasteiger partial charge on any atom is 0.148 e. The molecule has 0 unspecified atom stereocenters. The molecule has 0 amide bonds. The number of ether oxygens (including phenoxy) is 2. The Morgan fingerprint density at radius 3 is 2.82 bits per heavy atom. The van der Waals surface area contributed by atoms with Crippen LogP contribution in [0.1, 0.15) is 6.42 Å². The molecule has 0 saturated heterocycles. The zero-order valence-electron chi connectivity index (χ0n) is 10.0. The summed E-state index contributed by atoms with van der Waals surface area (Å²) in [6, 6.07) is 4.61. The van der Waals surface area contributed by atoms with Gasteiger partial charge in [0, 0.05) is 25.9 Å². The fourth-order valence-corrected chi connectivity index (χ4v) is 1.32. The zero-order valence-corrected chi connectivity index (χ0v) is 10.0. The number of hydrogen-bond donors (Lipinski definition) is 2. The highest BCUT2D eigenvalue weighted by Crippen LogP contribution is 2.16. The van der Waals surface area contributed by atoms with E-state index in [1.807, 2.05) is 0 Å². The highest BCUT2D eigenvalue weighted by atomic mass is 19.1. The first-order valence-corrected chi connectivity index (χ1v) is 5.59. The summed E-state index contributed by atoms with van der Waals surface area (Å²) in [5.41, 5.74) is 6.35. The van der Waals surface area contributed by atoms with Gasteiger partial charge < -0.3 is 20.5 Å². The number of hydrogen-bond acceptors (Lipinski definition) is 4. The van der Waals surface area contributed by atoms with Crippen LogP contribution in [0.4, 0.5) is 15.8 Å². The van der Waals surface area contributed by atoms with E-state index in [-0.39, 0.29) is 5.82 Å². The van der Waals surface area contributed by atoms with Crippen molar-refractivity contribution in [3.8, 4) is 0 Å². The molecule has 0 bridgehead atoms. The third-order valence-electron chi connectivity index (χ3n) is 2.21. The Labute approximate surface area is 101 Å². The number of rotatable bonds is 8. The molecular weight excluding hydrogens is 223 g/mol. The van der Waals surface area contributed by atoms with E-state index < -0.39 is 0 Å². The number of nitrogens with two attached hydrogens (primary N) is 1. The number of methoxy groups -OCH3 is 1. The zero-order chi connectivity index (χ0) is 12.5. The highest BCUT2D eigenvalue weighted by Gasteiger charge is 2.00. The van der Waals surface area contributed by atoms with Gasteiger partial charge in [-0.1, -0.05) is 0 Å². The number of benzene rings is 1. The van der Waals surface area contributed by atoms with Gasteiger partial charge in [0.1, 0.15) is 5.82 Å². The SMILES string of the molecule is COCCOCCCNc1ccc(N)cc1F. The molecule has 0 heterocycles. The van der Waals surface area contributed by atoms with Crippen LogP contribution in [0.15, 0.2) is 18.2 Å². The van der Waals surface area contributed by atoms with Crippen molar-refractivity contribution in [2.45, 2.75) is 6.42 Å². The van der Waals surface area contributed by atoms with Gasteiger partial charge in [0.25, 0.3) is 0 Å². The van der Waals surface area contributed by atoms with E-state index in [1.165, 1.54) is 6.07 Å². The van der Waals surface area contributed by atoms with Gasteiger partial charge in [-0.25, -0.2) is 4.39 Å². The molecule has 0 aliphatic carbocycles. The monoisotopic (exact) mass is 242 g/mol. The molecular formula is C12H19FN2O2. The van der Waals surface area contributed by atoms with E-state index in [0.29, 0.717) is 37.7 Å². The van der Waals surface area contributed by atoms with Crippen molar-refractivity contribution in [2.24, 2.45) is 0 Å². The first-order chi connectivity index (χ1) is 8.24. The number of nitrogen functional groups attached to an aromatic ring is 1. The molecule has 1 aromatic carbocycles. The molecule has 4 nitrogen and oxygen atoms in total. The largest absolute Gasteiger partial charge is 0.399 e. The third kappa shape index (κ3) is 5.51.